The van der Waals surface area contributed by atoms with Gasteiger partial charge in [-0.2, -0.15) is 0 Å². The van der Waals surface area contributed by atoms with Crippen LogP contribution in [-0.4, -0.2) is 49.9 Å². The Bertz CT molecular complexity index is 852. The van der Waals surface area contributed by atoms with Gasteiger partial charge in [0.15, 0.2) is 18.4 Å². The fourth-order valence-corrected chi connectivity index (χ4v) is 3.85. The fourth-order valence-electron chi connectivity index (χ4n) is 3.85. The van der Waals surface area contributed by atoms with Gasteiger partial charge in [-0.15, -0.1) is 0 Å². The van der Waals surface area contributed by atoms with Crippen molar-refractivity contribution in [3.05, 3.63) is 65.7 Å². The molecular formula is C24H28O7. The van der Waals surface area contributed by atoms with Gasteiger partial charge in [0.25, 0.3) is 0 Å². The number of fused-ring (bicyclic) bond motifs is 1. The molecule has 2 fully saturated rings. The van der Waals surface area contributed by atoms with Crippen LogP contribution in [0.2, 0.25) is 0 Å². The molecule has 5 atom stereocenters. The van der Waals surface area contributed by atoms with E-state index in [1.807, 2.05) is 68.4 Å². The second-order valence-corrected chi connectivity index (χ2v) is 8.09. The molecule has 1 unspecified atom stereocenters. The smallest absolute Gasteiger partial charge is 0.190 e. The Labute approximate surface area is 182 Å². The minimum absolute atomic E-state index is 0.290. The van der Waals surface area contributed by atoms with Gasteiger partial charge < -0.3 is 33.2 Å². The average Bonchev–Trinajstić information content (AvgIpc) is 3.25. The molecule has 2 aliphatic rings. The van der Waals surface area contributed by atoms with E-state index in [0.717, 1.165) is 23.2 Å². The lowest BCUT2D eigenvalue weighted by Crippen LogP contribution is -2.44. The summed E-state index contributed by atoms with van der Waals surface area (Å²) in [5, 5.41) is 0. The van der Waals surface area contributed by atoms with Crippen molar-refractivity contribution in [2.75, 3.05) is 7.11 Å². The molecule has 0 N–H and O–H groups in total. The Hall–Kier alpha value is -2.29. The number of hydrogen-bond acceptors (Lipinski definition) is 7. The van der Waals surface area contributed by atoms with Crippen LogP contribution in [0, 0.1) is 0 Å². The summed E-state index contributed by atoms with van der Waals surface area (Å²) in [4.78, 5) is 11.9. The number of carbonyl (C=O) groups is 1. The minimum Gasteiger partial charge on any atom is -0.497 e. The number of hydrogen-bond donors (Lipinski definition) is 0. The third-order valence-electron chi connectivity index (χ3n) is 5.37. The molecule has 0 saturated carbocycles. The van der Waals surface area contributed by atoms with E-state index >= 15 is 0 Å². The molecule has 0 aromatic heterocycles. The van der Waals surface area contributed by atoms with Crippen molar-refractivity contribution in [3.8, 4) is 5.75 Å². The van der Waals surface area contributed by atoms with Crippen molar-refractivity contribution in [2.45, 2.75) is 63.6 Å². The van der Waals surface area contributed by atoms with Crippen LogP contribution in [0.1, 0.15) is 25.0 Å². The maximum absolute atomic E-state index is 11.9. The molecule has 0 bridgehead atoms. The van der Waals surface area contributed by atoms with E-state index < -0.39 is 36.5 Å². The normalized spacial score (nSPS) is 27.6. The molecule has 7 heteroatoms. The summed E-state index contributed by atoms with van der Waals surface area (Å²) >= 11 is 0. The number of benzene rings is 2. The van der Waals surface area contributed by atoms with E-state index in [0.29, 0.717) is 6.61 Å². The Kier molecular flexibility index (Phi) is 6.69. The summed E-state index contributed by atoms with van der Waals surface area (Å²) in [5.74, 6) is -0.0145. The largest absolute Gasteiger partial charge is 0.497 e. The Balaban J connectivity index is 1.46. The first-order valence-electron chi connectivity index (χ1n) is 10.4. The van der Waals surface area contributed by atoms with Crippen LogP contribution in [0.25, 0.3) is 0 Å². The Morgan fingerprint density at radius 3 is 2.39 bits per heavy atom. The first kappa shape index (κ1) is 21.9. The fraction of sp³-hybridized carbons (Fsp3) is 0.458. The highest BCUT2D eigenvalue weighted by atomic mass is 16.8. The van der Waals surface area contributed by atoms with Gasteiger partial charge in [0.1, 0.15) is 30.2 Å². The SMILES string of the molecule is COc1ccc(CO[C@@H]2C3OC(C)(C)O[C@H]3O[C@@H]2[C@@H](C=O)OCc2ccccc2)cc1. The van der Waals surface area contributed by atoms with E-state index in [1.165, 1.54) is 0 Å². The maximum Gasteiger partial charge on any atom is 0.190 e. The molecule has 0 spiro atoms. The van der Waals surface area contributed by atoms with Gasteiger partial charge in [-0.1, -0.05) is 42.5 Å². The maximum atomic E-state index is 11.9. The van der Waals surface area contributed by atoms with Gasteiger partial charge in [0.05, 0.1) is 20.3 Å². The number of ether oxygens (including phenoxy) is 6. The molecule has 2 saturated heterocycles. The Morgan fingerprint density at radius 2 is 1.71 bits per heavy atom. The van der Waals surface area contributed by atoms with Crippen LogP contribution in [0.4, 0.5) is 0 Å². The predicted molar refractivity (Wildman–Crippen MR) is 111 cm³/mol. The highest BCUT2D eigenvalue weighted by Gasteiger charge is 2.57. The van der Waals surface area contributed by atoms with E-state index in [-0.39, 0.29) is 6.61 Å². The van der Waals surface area contributed by atoms with Crippen LogP contribution in [-0.2, 0) is 41.7 Å². The molecule has 0 amide bonds. The first-order valence-corrected chi connectivity index (χ1v) is 10.4. The summed E-state index contributed by atoms with van der Waals surface area (Å²) < 4.78 is 35.2. The minimum atomic E-state index is -0.818. The van der Waals surface area contributed by atoms with E-state index in [1.54, 1.807) is 7.11 Å². The third kappa shape index (κ3) is 5.14. The van der Waals surface area contributed by atoms with Crippen LogP contribution >= 0.6 is 0 Å². The zero-order chi connectivity index (χ0) is 21.8. The summed E-state index contributed by atoms with van der Waals surface area (Å²) in [6.07, 6.45) is -2.32. The molecule has 7 nitrogen and oxygen atoms in total. The predicted octanol–water partition coefficient (Wildman–Crippen LogP) is 3.24. The molecular weight excluding hydrogens is 400 g/mol. The molecule has 0 radical (unpaired) electrons. The summed E-state index contributed by atoms with van der Waals surface area (Å²) in [7, 11) is 1.63. The highest BCUT2D eigenvalue weighted by Crippen LogP contribution is 2.40. The zero-order valence-electron chi connectivity index (χ0n) is 17.9. The quantitative estimate of drug-likeness (QED) is 0.568. The number of carbonyl (C=O) groups excluding carboxylic acids is 1. The molecule has 0 aliphatic carbocycles. The van der Waals surface area contributed by atoms with Crippen LogP contribution < -0.4 is 4.74 Å². The molecule has 2 aliphatic heterocycles. The van der Waals surface area contributed by atoms with Crippen LogP contribution in [0.3, 0.4) is 0 Å². The number of rotatable bonds is 9. The van der Waals surface area contributed by atoms with E-state index in [4.69, 9.17) is 28.4 Å². The second-order valence-electron chi connectivity index (χ2n) is 8.09. The summed E-state index contributed by atoms with van der Waals surface area (Å²) in [6.45, 7) is 4.27. The van der Waals surface area contributed by atoms with Gasteiger partial charge in [-0.3, -0.25) is 0 Å². The third-order valence-corrected chi connectivity index (χ3v) is 5.37. The first-order chi connectivity index (χ1) is 15.0. The number of methoxy groups -OCH3 is 1. The Morgan fingerprint density at radius 1 is 1.00 bits per heavy atom. The van der Waals surface area contributed by atoms with Crippen molar-refractivity contribution in [3.63, 3.8) is 0 Å². The molecule has 31 heavy (non-hydrogen) atoms. The topological polar surface area (TPSA) is 72.5 Å². The van der Waals surface area contributed by atoms with E-state index in [2.05, 4.69) is 0 Å². The van der Waals surface area contributed by atoms with Crippen molar-refractivity contribution in [2.24, 2.45) is 0 Å². The lowest BCUT2D eigenvalue weighted by molar-refractivity contribution is -0.231. The molecule has 2 aromatic rings. The lowest BCUT2D eigenvalue weighted by Gasteiger charge is -2.28. The van der Waals surface area contributed by atoms with Crippen LogP contribution in [0.15, 0.2) is 54.6 Å². The van der Waals surface area contributed by atoms with Crippen molar-refractivity contribution < 1.29 is 33.2 Å². The van der Waals surface area contributed by atoms with E-state index in [9.17, 15) is 4.79 Å². The monoisotopic (exact) mass is 428 g/mol. The van der Waals surface area contributed by atoms with Crippen LogP contribution in [0.5, 0.6) is 5.75 Å². The molecule has 166 valence electrons. The van der Waals surface area contributed by atoms with Gasteiger partial charge in [0.2, 0.25) is 0 Å². The summed E-state index contributed by atoms with van der Waals surface area (Å²) in [6, 6.07) is 17.3. The molecule has 2 heterocycles. The van der Waals surface area contributed by atoms with Gasteiger partial charge in [-0.05, 0) is 37.1 Å². The second kappa shape index (κ2) is 9.46. The summed E-state index contributed by atoms with van der Waals surface area (Å²) in [5.41, 5.74) is 1.94. The van der Waals surface area contributed by atoms with Gasteiger partial charge in [0, 0.05) is 0 Å². The molecule has 4 rings (SSSR count). The van der Waals surface area contributed by atoms with Crippen molar-refractivity contribution in [1.82, 2.24) is 0 Å². The zero-order valence-corrected chi connectivity index (χ0v) is 17.9. The highest BCUT2D eigenvalue weighted by molar-refractivity contribution is 5.57. The number of aldehydes is 1. The molecule has 2 aromatic carbocycles. The van der Waals surface area contributed by atoms with Crippen molar-refractivity contribution >= 4 is 6.29 Å². The van der Waals surface area contributed by atoms with Crippen molar-refractivity contribution in [1.29, 1.82) is 0 Å². The average molecular weight is 428 g/mol. The lowest BCUT2D eigenvalue weighted by atomic mass is 10.1. The van der Waals surface area contributed by atoms with Gasteiger partial charge >= 0.3 is 0 Å². The standard InChI is InChI=1S/C24H28O7/c1-24(2)30-22-21(28-15-17-9-11-18(26-3)12-10-17)20(29-23(22)31-24)19(13-25)27-14-16-7-5-4-6-8-16/h4-13,19-23H,14-15H2,1-3H3/t19-,20-,21+,22?,23-/m1/s1. The van der Waals surface area contributed by atoms with Gasteiger partial charge in [-0.25, -0.2) is 0 Å².